The number of nitrogens with one attached hydrogen (secondary N) is 1. The summed E-state index contributed by atoms with van der Waals surface area (Å²) in [5, 5.41) is 1.90. The van der Waals surface area contributed by atoms with E-state index in [1.165, 1.54) is 5.69 Å². The SMILES string of the molecule is CCc1ccccc1OCC(=O)N1CCC(c2cc3cc(Cl)ccc3[nH]2)CC1. The van der Waals surface area contributed by atoms with Crippen molar-refractivity contribution in [3.63, 3.8) is 0 Å². The number of carbonyl (C=O) groups excluding carboxylic acids is 1. The highest BCUT2D eigenvalue weighted by atomic mass is 35.5. The molecule has 0 aliphatic carbocycles. The summed E-state index contributed by atoms with van der Waals surface area (Å²) in [6, 6.07) is 16.0. The zero-order chi connectivity index (χ0) is 19.5. The van der Waals surface area contributed by atoms with Crippen molar-refractivity contribution < 1.29 is 9.53 Å². The van der Waals surface area contributed by atoms with E-state index in [4.69, 9.17) is 16.3 Å². The van der Waals surface area contributed by atoms with Gasteiger partial charge in [-0.2, -0.15) is 0 Å². The van der Waals surface area contributed by atoms with Gasteiger partial charge in [0.05, 0.1) is 0 Å². The number of rotatable bonds is 5. The molecular weight excluding hydrogens is 372 g/mol. The van der Waals surface area contributed by atoms with Crippen LogP contribution in [0, 0.1) is 0 Å². The lowest BCUT2D eigenvalue weighted by Crippen LogP contribution is -2.40. The van der Waals surface area contributed by atoms with E-state index in [1.54, 1.807) is 0 Å². The van der Waals surface area contributed by atoms with E-state index in [9.17, 15) is 4.79 Å². The highest BCUT2D eigenvalue weighted by Crippen LogP contribution is 2.31. The van der Waals surface area contributed by atoms with Crippen LogP contribution in [0.3, 0.4) is 0 Å². The van der Waals surface area contributed by atoms with E-state index in [2.05, 4.69) is 18.0 Å². The van der Waals surface area contributed by atoms with Gasteiger partial charge in [0.15, 0.2) is 6.61 Å². The fraction of sp³-hybridized carbons (Fsp3) is 0.348. The number of nitrogens with zero attached hydrogens (tertiary/aromatic N) is 1. The quantitative estimate of drug-likeness (QED) is 0.646. The number of aryl methyl sites for hydroxylation is 1. The van der Waals surface area contributed by atoms with Crippen LogP contribution < -0.4 is 4.74 Å². The van der Waals surface area contributed by atoms with E-state index in [1.807, 2.05) is 47.4 Å². The van der Waals surface area contributed by atoms with E-state index in [-0.39, 0.29) is 12.5 Å². The normalized spacial score (nSPS) is 15.1. The molecule has 1 amide bonds. The first-order chi connectivity index (χ1) is 13.6. The Morgan fingerprint density at radius 1 is 1.18 bits per heavy atom. The predicted molar refractivity (Wildman–Crippen MR) is 113 cm³/mol. The minimum atomic E-state index is 0.0628. The fourth-order valence-electron chi connectivity index (χ4n) is 3.95. The molecular formula is C23H25ClN2O2. The van der Waals surface area contributed by atoms with Gasteiger partial charge in [0, 0.05) is 40.6 Å². The Labute approximate surface area is 170 Å². The van der Waals surface area contributed by atoms with Crippen LogP contribution in [-0.2, 0) is 11.2 Å². The molecule has 1 fully saturated rings. The van der Waals surface area contributed by atoms with Crippen LogP contribution in [0.25, 0.3) is 10.9 Å². The molecule has 0 atom stereocenters. The lowest BCUT2D eigenvalue weighted by atomic mass is 9.93. The zero-order valence-electron chi connectivity index (χ0n) is 16.1. The van der Waals surface area contributed by atoms with Crippen molar-refractivity contribution in [3.05, 3.63) is 64.8 Å². The van der Waals surface area contributed by atoms with Crippen molar-refractivity contribution in [2.45, 2.75) is 32.1 Å². The van der Waals surface area contributed by atoms with Crippen molar-refractivity contribution in [2.24, 2.45) is 0 Å². The van der Waals surface area contributed by atoms with Crippen molar-refractivity contribution in [1.29, 1.82) is 0 Å². The zero-order valence-corrected chi connectivity index (χ0v) is 16.8. The third-order valence-electron chi connectivity index (χ3n) is 5.60. The highest BCUT2D eigenvalue weighted by molar-refractivity contribution is 6.31. The van der Waals surface area contributed by atoms with E-state index < -0.39 is 0 Å². The van der Waals surface area contributed by atoms with Gasteiger partial charge in [-0.3, -0.25) is 4.79 Å². The van der Waals surface area contributed by atoms with Gasteiger partial charge >= 0.3 is 0 Å². The first-order valence-electron chi connectivity index (χ1n) is 9.90. The van der Waals surface area contributed by atoms with Gasteiger partial charge in [-0.15, -0.1) is 0 Å². The summed E-state index contributed by atoms with van der Waals surface area (Å²) in [6.07, 6.45) is 2.81. The second-order valence-electron chi connectivity index (χ2n) is 7.36. The number of halogens is 1. The molecule has 1 N–H and O–H groups in total. The number of fused-ring (bicyclic) bond motifs is 1. The molecule has 0 saturated carbocycles. The van der Waals surface area contributed by atoms with Gasteiger partial charge in [0.1, 0.15) is 5.75 Å². The van der Waals surface area contributed by atoms with Gasteiger partial charge in [-0.25, -0.2) is 0 Å². The molecule has 146 valence electrons. The summed E-state index contributed by atoms with van der Waals surface area (Å²) >= 11 is 6.09. The Morgan fingerprint density at radius 2 is 1.96 bits per heavy atom. The number of hydrogen-bond acceptors (Lipinski definition) is 2. The molecule has 2 heterocycles. The lowest BCUT2D eigenvalue weighted by molar-refractivity contribution is -0.134. The topological polar surface area (TPSA) is 45.3 Å². The number of benzene rings is 2. The number of ether oxygens (including phenoxy) is 1. The molecule has 1 saturated heterocycles. The number of hydrogen-bond donors (Lipinski definition) is 1. The summed E-state index contributed by atoms with van der Waals surface area (Å²) in [5.74, 6) is 1.31. The molecule has 1 aliphatic rings. The molecule has 0 unspecified atom stereocenters. The molecule has 5 heteroatoms. The van der Waals surface area contributed by atoms with Crippen molar-refractivity contribution in [3.8, 4) is 5.75 Å². The van der Waals surface area contributed by atoms with Crippen molar-refractivity contribution in [1.82, 2.24) is 9.88 Å². The second kappa shape index (κ2) is 8.27. The molecule has 2 aromatic carbocycles. The third kappa shape index (κ3) is 4.02. The summed E-state index contributed by atoms with van der Waals surface area (Å²) < 4.78 is 5.80. The predicted octanol–water partition coefficient (Wildman–Crippen LogP) is 5.17. The number of para-hydroxylation sites is 1. The number of amides is 1. The second-order valence-corrected chi connectivity index (χ2v) is 7.80. The maximum Gasteiger partial charge on any atom is 0.260 e. The van der Waals surface area contributed by atoms with Crippen molar-refractivity contribution >= 4 is 28.4 Å². The average molecular weight is 397 g/mol. The van der Waals surface area contributed by atoms with E-state index in [0.29, 0.717) is 5.92 Å². The molecule has 1 aliphatic heterocycles. The summed E-state index contributed by atoms with van der Waals surface area (Å²) in [6.45, 7) is 3.72. The molecule has 4 nitrogen and oxygen atoms in total. The maximum atomic E-state index is 12.6. The smallest absolute Gasteiger partial charge is 0.260 e. The summed E-state index contributed by atoms with van der Waals surface area (Å²) in [4.78, 5) is 18.0. The molecule has 1 aromatic heterocycles. The molecule has 28 heavy (non-hydrogen) atoms. The Bertz CT molecular complexity index is 974. The number of likely N-dealkylation sites (tertiary alicyclic amines) is 1. The number of piperidine rings is 1. The maximum absolute atomic E-state index is 12.6. The lowest BCUT2D eigenvalue weighted by Gasteiger charge is -2.31. The summed E-state index contributed by atoms with van der Waals surface area (Å²) in [7, 11) is 0. The Balaban J connectivity index is 1.33. The standard InChI is InChI=1S/C23H25ClN2O2/c1-2-16-5-3-4-6-22(16)28-15-23(27)26-11-9-17(10-12-26)21-14-18-13-19(24)7-8-20(18)25-21/h3-8,13-14,17,25H,2,9-12,15H2,1H3. The van der Waals surface area contributed by atoms with Gasteiger partial charge < -0.3 is 14.6 Å². The monoisotopic (exact) mass is 396 g/mol. The Kier molecular flexibility index (Phi) is 5.58. The molecule has 0 spiro atoms. The van der Waals surface area contributed by atoms with Crippen LogP contribution in [0.5, 0.6) is 5.75 Å². The minimum absolute atomic E-state index is 0.0628. The largest absolute Gasteiger partial charge is 0.483 e. The third-order valence-corrected chi connectivity index (χ3v) is 5.83. The Morgan fingerprint density at radius 3 is 2.75 bits per heavy atom. The van der Waals surface area contributed by atoms with Crippen LogP contribution in [0.2, 0.25) is 5.02 Å². The van der Waals surface area contributed by atoms with Crippen LogP contribution >= 0.6 is 11.6 Å². The molecule has 4 rings (SSSR count). The summed E-state index contributed by atoms with van der Waals surface area (Å²) in [5.41, 5.74) is 3.48. The van der Waals surface area contributed by atoms with Crippen molar-refractivity contribution in [2.75, 3.05) is 19.7 Å². The number of aromatic nitrogens is 1. The van der Waals surface area contributed by atoms with E-state index in [0.717, 1.165) is 59.6 Å². The fourth-order valence-corrected chi connectivity index (χ4v) is 4.13. The minimum Gasteiger partial charge on any atom is -0.483 e. The van der Waals surface area contributed by atoms with Gasteiger partial charge in [0.2, 0.25) is 0 Å². The van der Waals surface area contributed by atoms with Crippen LogP contribution in [0.4, 0.5) is 0 Å². The van der Waals surface area contributed by atoms with Crippen LogP contribution in [0.1, 0.15) is 36.9 Å². The van der Waals surface area contributed by atoms with Crippen LogP contribution in [-0.4, -0.2) is 35.5 Å². The van der Waals surface area contributed by atoms with Gasteiger partial charge in [0.25, 0.3) is 5.91 Å². The highest BCUT2D eigenvalue weighted by Gasteiger charge is 2.25. The number of aromatic amines is 1. The Hall–Kier alpha value is -2.46. The molecule has 0 bridgehead atoms. The molecule has 0 radical (unpaired) electrons. The number of carbonyl (C=O) groups is 1. The van der Waals surface area contributed by atoms with Crippen LogP contribution in [0.15, 0.2) is 48.5 Å². The van der Waals surface area contributed by atoms with Gasteiger partial charge in [-0.1, -0.05) is 36.7 Å². The average Bonchev–Trinajstić information content (AvgIpc) is 3.15. The molecule has 3 aromatic rings. The van der Waals surface area contributed by atoms with E-state index >= 15 is 0 Å². The first kappa shape index (κ1) is 18.9. The van der Waals surface area contributed by atoms with Gasteiger partial charge in [-0.05, 0) is 55.2 Å². The number of H-pyrrole nitrogens is 1. The first-order valence-corrected chi connectivity index (χ1v) is 10.3.